The van der Waals surface area contributed by atoms with Gasteiger partial charge in [0.15, 0.2) is 0 Å². The summed E-state index contributed by atoms with van der Waals surface area (Å²) >= 11 is 11.8. The van der Waals surface area contributed by atoms with Crippen LogP contribution in [0.5, 0.6) is 0 Å². The predicted molar refractivity (Wildman–Crippen MR) is 45.2 cm³/mol. The van der Waals surface area contributed by atoms with Crippen LogP contribution in [0, 0.1) is 11.8 Å². The molecule has 1 saturated carbocycles. The topological polar surface area (TPSA) is 38.3 Å². The van der Waals surface area contributed by atoms with Crippen LogP contribution in [-0.4, -0.2) is 30.0 Å². The Morgan fingerprint density at radius 2 is 2.33 bits per heavy atom. The Morgan fingerprint density at radius 3 is 2.75 bits per heavy atom. The highest BCUT2D eigenvalue weighted by Crippen LogP contribution is 2.63. The summed E-state index contributed by atoms with van der Waals surface area (Å²) in [6.45, 7) is 0.706. The average molecular weight is 210 g/mol. The molecule has 2 rings (SSSR count). The van der Waals surface area contributed by atoms with Crippen molar-refractivity contribution in [3.8, 4) is 0 Å². The van der Waals surface area contributed by atoms with Gasteiger partial charge in [-0.1, -0.05) is 0 Å². The number of carbonyl (C=O) groups excluding carboxylic acids is 1. The van der Waals surface area contributed by atoms with Gasteiger partial charge in [0.1, 0.15) is 10.4 Å². The molecule has 0 bridgehead atoms. The maximum absolute atomic E-state index is 11.1. The van der Waals surface area contributed by atoms with Crippen molar-refractivity contribution in [3.63, 3.8) is 0 Å². The van der Waals surface area contributed by atoms with Crippen molar-refractivity contribution >= 4 is 29.2 Å². The number of hydrogen-bond donors (Lipinski definition) is 1. The number of methoxy groups -OCH3 is 1. The normalized spacial score (nSPS) is 42.1. The maximum atomic E-state index is 11.1. The second-order valence-electron chi connectivity index (χ2n) is 3.22. The first-order chi connectivity index (χ1) is 5.59. The van der Waals surface area contributed by atoms with E-state index in [0.717, 1.165) is 0 Å². The summed E-state index contributed by atoms with van der Waals surface area (Å²) in [5, 5.41) is 3.02. The van der Waals surface area contributed by atoms with Crippen molar-refractivity contribution < 1.29 is 9.53 Å². The fourth-order valence-corrected chi connectivity index (χ4v) is 2.73. The highest BCUT2D eigenvalue weighted by molar-refractivity contribution is 6.51. The van der Waals surface area contributed by atoms with Crippen LogP contribution in [0.1, 0.15) is 0 Å². The molecular weight excluding hydrogens is 201 g/mol. The number of ether oxygens (including phenoxy) is 1. The van der Waals surface area contributed by atoms with Crippen molar-refractivity contribution in [2.75, 3.05) is 13.7 Å². The standard InChI is InChI=1S/C7H9Cl2NO2/c1-12-6(11)5-4-3(2-10-5)7(4,8)9/h3-5,10H,2H2,1H3/t3-,4-,5?/m0/s1. The largest absolute Gasteiger partial charge is 0.468 e. The second-order valence-corrected chi connectivity index (χ2v) is 4.66. The minimum Gasteiger partial charge on any atom is -0.468 e. The van der Waals surface area contributed by atoms with Gasteiger partial charge in [-0.15, -0.1) is 23.2 Å². The first kappa shape index (κ1) is 8.60. The van der Waals surface area contributed by atoms with Crippen LogP contribution in [0.3, 0.4) is 0 Å². The lowest BCUT2D eigenvalue weighted by molar-refractivity contribution is -0.143. The summed E-state index contributed by atoms with van der Waals surface area (Å²) in [5.41, 5.74) is 0. The summed E-state index contributed by atoms with van der Waals surface area (Å²) in [6.07, 6.45) is 0. The molecule has 2 fully saturated rings. The van der Waals surface area contributed by atoms with E-state index in [0.29, 0.717) is 6.54 Å². The third-order valence-corrected chi connectivity index (χ3v) is 3.70. The van der Waals surface area contributed by atoms with Crippen LogP contribution in [0.15, 0.2) is 0 Å². The Balaban J connectivity index is 2.08. The SMILES string of the molecule is COC(=O)C1NC[C@H]2[C@@H]1C2(Cl)Cl. The number of esters is 1. The third-order valence-electron chi connectivity index (χ3n) is 2.64. The third kappa shape index (κ3) is 0.966. The molecule has 0 aromatic carbocycles. The molecule has 0 aromatic heterocycles. The van der Waals surface area contributed by atoms with E-state index in [1.165, 1.54) is 7.11 Å². The van der Waals surface area contributed by atoms with Crippen molar-refractivity contribution in [3.05, 3.63) is 0 Å². The van der Waals surface area contributed by atoms with Gasteiger partial charge < -0.3 is 10.1 Å². The zero-order valence-electron chi connectivity index (χ0n) is 6.51. The lowest BCUT2D eigenvalue weighted by Gasteiger charge is -2.13. The van der Waals surface area contributed by atoms with E-state index < -0.39 is 4.33 Å². The molecule has 1 unspecified atom stereocenters. The summed E-state index contributed by atoms with van der Waals surface area (Å²) in [7, 11) is 1.36. The zero-order chi connectivity index (χ0) is 8.93. The minimum atomic E-state index is -0.704. The molecular formula is C7H9Cl2NO2. The van der Waals surface area contributed by atoms with Crippen molar-refractivity contribution in [2.45, 2.75) is 10.4 Å². The number of halogens is 2. The van der Waals surface area contributed by atoms with Gasteiger partial charge >= 0.3 is 5.97 Å². The number of carbonyl (C=O) groups is 1. The summed E-state index contributed by atoms with van der Waals surface area (Å²) in [5.74, 6) is -0.0242. The molecule has 3 nitrogen and oxygen atoms in total. The van der Waals surface area contributed by atoms with Gasteiger partial charge in [-0.2, -0.15) is 0 Å². The molecule has 5 heteroatoms. The fraction of sp³-hybridized carbons (Fsp3) is 0.857. The highest BCUT2D eigenvalue weighted by Gasteiger charge is 2.70. The molecule has 3 atom stereocenters. The Hall–Kier alpha value is 0.01000. The summed E-state index contributed by atoms with van der Waals surface area (Å²) in [4.78, 5) is 11.1. The Morgan fingerprint density at radius 1 is 1.67 bits per heavy atom. The van der Waals surface area contributed by atoms with Crippen LogP contribution >= 0.6 is 23.2 Å². The first-order valence-corrected chi connectivity index (χ1v) is 4.53. The summed E-state index contributed by atoms with van der Waals surface area (Å²) < 4.78 is 3.90. The molecule has 0 aromatic rings. The van der Waals surface area contributed by atoms with Gasteiger partial charge in [-0.25, -0.2) is 0 Å². The molecule has 1 saturated heterocycles. The minimum absolute atomic E-state index is 0.0354. The first-order valence-electron chi connectivity index (χ1n) is 3.78. The Labute approximate surface area is 80.3 Å². The molecule has 0 amide bonds. The number of piperidine rings is 1. The van der Waals surface area contributed by atoms with Crippen LogP contribution in [-0.2, 0) is 9.53 Å². The molecule has 68 valence electrons. The lowest BCUT2D eigenvalue weighted by Crippen LogP contribution is -2.38. The Bertz CT molecular complexity index is 231. The van der Waals surface area contributed by atoms with Gasteiger partial charge in [-0.3, -0.25) is 4.79 Å². The molecule has 0 radical (unpaired) electrons. The van der Waals surface area contributed by atoms with Crippen LogP contribution in [0.4, 0.5) is 0 Å². The number of alkyl halides is 2. The zero-order valence-corrected chi connectivity index (χ0v) is 8.02. The summed E-state index contributed by atoms with van der Waals surface area (Å²) in [6, 6.07) is -0.310. The van der Waals surface area contributed by atoms with Gasteiger partial charge in [-0.05, 0) is 0 Å². The van der Waals surface area contributed by atoms with Crippen LogP contribution in [0.2, 0.25) is 0 Å². The maximum Gasteiger partial charge on any atom is 0.323 e. The van der Waals surface area contributed by atoms with Crippen LogP contribution in [0.25, 0.3) is 0 Å². The van der Waals surface area contributed by atoms with Gasteiger partial charge in [0.25, 0.3) is 0 Å². The van der Waals surface area contributed by atoms with E-state index in [1.54, 1.807) is 0 Å². The van der Waals surface area contributed by atoms with E-state index in [9.17, 15) is 4.79 Å². The quantitative estimate of drug-likeness (QED) is 0.507. The van der Waals surface area contributed by atoms with E-state index >= 15 is 0 Å². The average Bonchev–Trinajstić information content (AvgIpc) is 2.52. The van der Waals surface area contributed by atoms with E-state index in [-0.39, 0.29) is 23.8 Å². The predicted octanol–water partition coefficient (Wildman–Crippen LogP) is 0.551. The smallest absolute Gasteiger partial charge is 0.323 e. The van der Waals surface area contributed by atoms with Gasteiger partial charge in [0.05, 0.1) is 7.11 Å². The molecule has 1 aliphatic heterocycles. The molecule has 2 aliphatic rings. The van der Waals surface area contributed by atoms with Crippen molar-refractivity contribution in [2.24, 2.45) is 11.8 Å². The molecule has 1 N–H and O–H groups in total. The number of nitrogens with one attached hydrogen (secondary N) is 1. The Kier molecular flexibility index (Phi) is 1.79. The molecule has 12 heavy (non-hydrogen) atoms. The number of hydrogen-bond acceptors (Lipinski definition) is 3. The van der Waals surface area contributed by atoms with E-state index in [2.05, 4.69) is 10.1 Å². The van der Waals surface area contributed by atoms with Crippen molar-refractivity contribution in [1.82, 2.24) is 5.32 Å². The van der Waals surface area contributed by atoms with Gasteiger partial charge in [0.2, 0.25) is 0 Å². The fourth-order valence-electron chi connectivity index (χ4n) is 1.87. The van der Waals surface area contributed by atoms with E-state index in [4.69, 9.17) is 23.2 Å². The monoisotopic (exact) mass is 209 g/mol. The second kappa shape index (κ2) is 2.50. The number of rotatable bonds is 1. The molecule has 1 heterocycles. The lowest BCUT2D eigenvalue weighted by atomic mass is 10.2. The molecule has 1 aliphatic carbocycles. The van der Waals surface area contributed by atoms with Crippen LogP contribution < -0.4 is 5.32 Å². The van der Waals surface area contributed by atoms with Crippen molar-refractivity contribution in [1.29, 1.82) is 0 Å². The number of fused-ring (bicyclic) bond motifs is 1. The van der Waals surface area contributed by atoms with Gasteiger partial charge in [0, 0.05) is 18.4 Å². The molecule has 0 spiro atoms. The highest BCUT2D eigenvalue weighted by atomic mass is 35.5. The van der Waals surface area contributed by atoms with E-state index in [1.807, 2.05) is 0 Å².